The molecule has 0 radical (unpaired) electrons. The van der Waals surface area contributed by atoms with E-state index < -0.39 is 0 Å². The van der Waals surface area contributed by atoms with E-state index in [4.69, 9.17) is 16.3 Å². The Morgan fingerprint density at radius 2 is 1.97 bits per heavy atom. The Balaban J connectivity index is 0.00000341. The molecule has 3 rings (SSSR count). The van der Waals surface area contributed by atoms with E-state index in [-0.39, 0.29) is 24.3 Å². The molecule has 0 atom stereocenters. The van der Waals surface area contributed by atoms with Crippen molar-refractivity contribution >= 4 is 30.0 Å². The Morgan fingerprint density at radius 3 is 2.58 bits per heavy atom. The fourth-order valence-corrected chi connectivity index (χ4v) is 3.22. The number of halogens is 3. The fourth-order valence-electron chi connectivity index (χ4n) is 3.03. The van der Waals surface area contributed by atoms with Gasteiger partial charge < -0.3 is 15.0 Å². The smallest absolute Gasteiger partial charge is 0.317 e. The molecule has 0 aliphatic heterocycles. The van der Waals surface area contributed by atoms with Gasteiger partial charge in [0.1, 0.15) is 11.6 Å². The molecular weight excluding hydrogens is 440 g/mol. The van der Waals surface area contributed by atoms with Crippen molar-refractivity contribution in [3.8, 4) is 16.9 Å². The number of hydrogen-bond donors (Lipinski definition) is 1. The molecule has 0 saturated heterocycles. The molecule has 31 heavy (non-hydrogen) atoms. The Kier molecular flexibility index (Phi) is 8.65. The lowest BCUT2D eigenvalue weighted by Crippen LogP contribution is -2.34. The monoisotopic (exact) mass is 463 g/mol. The predicted octanol–water partition coefficient (Wildman–Crippen LogP) is 5.33. The number of amides is 2. The van der Waals surface area contributed by atoms with Crippen LogP contribution >= 0.6 is 24.0 Å². The molecule has 2 aromatic carbocycles. The summed E-state index contributed by atoms with van der Waals surface area (Å²) in [6, 6.07) is 14.0. The average molecular weight is 464 g/mol. The van der Waals surface area contributed by atoms with E-state index in [1.807, 2.05) is 12.1 Å². The van der Waals surface area contributed by atoms with Gasteiger partial charge in [-0.2, -0.15) is 0 Å². The van der Waals surface area contributed by atoms with Gasteiger partial charge >= 0.3 is 6.03 Å². The topological polar surface area (TPSA) is 54.5 Å². The molecule has 1 N–H and O–H groups in total. The van der Waals surface area contributed by atoms with E-state index >= 15 is 4.39 Å². The summed E-state index contributed by atoms with van der Waals surface area (Å²) in [5, 5.41) is 3.29. The van der Waals surface area contributed by atoms with E-state index in [1.165, 1.54) is 12.0 Å². The van der Waals surface area contributed by atoms with Gasteiger partial charge in [0.2, 0.25) is 0 Å². The molecule has 0 aliphatic carbocycles. The van der Waals surface area contributed by atoms with Gasteiger partial charge in [-0.05, 0) is 41.0 Å². The zero-order valence-electron chi connectivity index (χ0n) is 17.5. The summed E-state index contributed by atoms with van der Waals surface area (Å²) in [6.07, 6.45) is 2.07. The third-order valence-electron chi connectivity index (χ3n) is 4.62. The second-order valence-corrected chi connectivity index (χ2v) is 7.45. The molecule has 3 aromatic rings. The van der Waals surface area contributed by atoms with Crippen LogP contribution in [0.3, 0.4) is 0 Å². The van der Waals surface area contributed by atoms with E-state index in [9.17, 15) is 4.79 Å². The zero-order chi connectivity index (χ0) is 21.7. The number of carbonyl (C=O) groups is 1. The number of carbonyl (C=O) groups excluding carboxylic acids is 1. The number of hydrogen-bond acceptors (Lipinski definition) is 3. The Bertz CT molecular complexity index is 1040. The lowest BCUT2D eigenvalue weighted by molar-refractivity contribution is 0.217. The molecule has 1 heterocycles. The molecule has 5 nitrogen and oxygen atoms in total. The standard InChI is InChI=1S/C23H23ClFN3O2.ClH/c1-28(2)23(29)27-14-19-9-7-15(13-26-19)11-17-8-10-20(30-3)21(22(17)25)16-5-4-6-18(24)12-16;/h4-10,12-13H,11,14H2,1-3H3,(H,27,29);1H. The van der Waals surface area contributed by atoms with E-state index in [0.717, 1.165) is 11.3 Å². The van der Waals surface area contributed by atoms with Crippen molar-refractivity contribution in [1.29, 1.82) is 0 Å². The summed E-state index contributed by atoms with van der Waals surface area (Å²) in [7, 11) is 4.86. The first-order valence-corrected chi connectivity index (χ1v) is 9.77. The van der Waals surface area contributed by atoms with Crippen LogP contribution in [-0.2, 0) is 13.0 Å². The van der Waals surface area contributed by atoms with Crippen LogP contribution in [-0.4, -0.2) is 37.1 Å². The summed E-state index contributed by atoms with van der Waals surface area (Å²) < 4.78 is 20.8. The minimum Gasteiger partial charge on any atom is -0.496 e. The average Bonchev–Trinajstić information content (AvgIpc) is 2.74. The summed E-state index contributed by atoms with van der Waals surface area (Å²) in [5.74, 6) is 0.0996. The maximum atomic E-state index is 15.4. The normalized spacial score (nSPS) is 10.2. The number of aromatic nitrogens is 1. The summed E-state index contributed by atoms with van der Waals surface area (Å²) >= 11 is 6.09. The first kappa shape index (κ1) is 24.4. The van der Waals surface area contributed by atoms with E-state index in [2.05, 4.69) is 10.3 Å². The molecule has 2 amide bonds. The highest BCUT2D eigenvalue weighted by atomic mass is 35.5. The van der Waals surface area contributed by atoms with Gasteiger partial charge in [-0.1, -0.05) is 35.9 Å². The van der Waals surface area contributed by atoms with Crippen LogP contribution in [0.1, 0.15) is 16.8 Å². The SMILES string of the molecule is COc1ccc(Cc2ccc(CNC(=O)N(C)C)nc2)c(F)c1-c1cccc(Cl)c1.Cl. The van der Waals surface area contributed by atoms with Crippen molar-refractivity contribution in [2.24, 2.45) is 0 Å². The van der Waals surface area contributed by atoms with Crippen molar-refractivity contribution in [3.05, 3.63) is 82.4 Å². The quantitative estimate of drug-likeness (QED) is 0.537. The minimum absolute atomic E-state index is 0. The molecule has 0 aliphatic rings. The molecule has 0 saturated carbocycles. The predicted molar refractivity (Wildman–Crippen MR) is 124 cm³/mol. The second kappa shape index (κ2) is 11.0. The van der Waals surface area contributed by atoms with Crippen molar-refractivity contribution in [3.63, 3.8) is 0 Å². The van der Waals surface area contributed by atoms with Crippen LogP contribution in [0.4, 0.5) is 9.18 Å². The Hall–Kier alpha value is -2.83. The van der Waals surface area contributed by atoms with E-state index in [1.54, 1.807) is 56.7 Å². The Labute approximate surface area is 192 Å². The van der Waals surface area contributed by atoms with Gasteiger partial charge in [0, 0.05) is 31.7 Å². The van der Waals surface area contributed by atoms with Crippen LogP contribution in [0, 0.1) is 5.82 Å². The van der Waals surface area contributed by atoms with Crippen molar-refractivity contribution in [2.75, 3.05) is 21.2 Å². The number of pyridine rings is 1. The number of urea groups is 1. The molecule has 1 aromatic heterocycles. The van der Waals surface area contributed by atoms with Gasteiger partial charge in [-0.3, -0.25) is 4.98 Å². The number of methoxy groups -OCH3 is 1. The molecule has 0 spiro atoms. The van der Waals surface area contributed by atoms with Crippen molar-refractivity contribution in [1.82, 2.24) is 15.2 Å². The van der Waals surface area contributed by atoms with E-state index in [0.29, 0.717) is 40.4 Å². The van der Waals surface area contributed by atoms with Crippen LogP contribution in [0.25, 0.3) is 11.1 Å². The van der Waals surface area contributed by atoms with Crippen LogP contribution in [0.5, 0.6) is 5.75 Å². The van der Waals surface area contributed by atoms with Gasteiger partial charge in [-0.15, -0.1) is 12.4 Å². The fraction of sp³-hybridized carbons (Fsp3) is 0.217. The number of nitrogens with zero attached hydrogens (tertiary/aromatic N) is 2. The maximum absolute atomic E-state index is 15.4. The minimum atomic E-state index is -0.348. The highest BCUT2D eigenvalue weighted by Gasteiger charge is 2.17. The third kappa shape index (κ3) is 6.09. The molecule has 0 unspecified atom stereocenters. The molecule has 164 valence electrons. The number of ether oxygens (including phenoxy) is 1. The third-order valence-corrected chi connectivity index (χ3v) is 4.86. The molecular formula is C23H24Cl2FN3O2. The maximum Gasteiger partial charge on any atom is 0.317 e. The first-order valence-electron chi connectivity index (χ1n) is 9.39. The molecule has 0 fully saturated rings. The summed E-state index contributed by atoms with van der Waals surface area (Å²) in [5.41, 5.74) is 3.15. The summed E-state index contributed by atoms with van der Waals surface area (Å²) in [6.45, 7) is 0.326. The van der Waals surface area contributed by atoms with Gasteiger partial charge in [0.25, 0.3) is 0 Å². The lowest BCUT2D eigenvalue weighted by Gasteiger charge is -2.14. The van der Waals surface area contributed by atoms with Gasteiger partial charge in [-0.25, -0.2) is 9.18 Å². The highest BCUT2D eigenvalue weighted by Crippen LogP contribution is 2.36. The Morgan fingerprint density at radius 1 is 1.19 bits per heavy atom. The number of benzene rings is 2. The van der Waals surface area contributed by atoms with Gasteiger partial charge in [0.05, 0.1) is 24.9 Å². The molecule has 0 bridgehead atoms. The molecule has 8 heteroatoms. The zero-order valence-corrected chi connectivity index (χ0v) is 19.1. The largest absolute Gasteiger partial charge is 0.496 e. The van der Waals surface area contributed by atoms with Crippen LogP contribution < -0.4 is 10.1 Å². The second-order valence-electron chi connectivity index (χ2n) is 7.01. The van der Waals surface area contributed by atoms with Crippen molar-refractivity contribution in [2.45, 2.75) is 13.0 Å². The number of rotatable bonds is 6. The summed E-state index contributed by atoms with van der Waals surface area (Å²) in [4.78, 5) is 17.4. The number of nitrogens with one attached hydrogen (secondary N) is 1. The van der Waals surface area contributed by atoms with Gasteiger partial charge in [0.15, 0.2) is 0 Å². The van der Waals surface area contributed by atoms with Crippen LogP contribution in [0.15, 0.2) is 54.7 Å². The first-order chi connectivity index (χ1) is 14.4. The lowest BCUT2D eigenvalue weighted by atomic mass is 9.97. The highest BCUT2D eigenvalue weighted by molar-refractivity contribution is 6.30. The van der Waals surface area contributed by atoms with Crippen LogP contribution in [0.2, 0.25) is 5.02 Å². The van der Waals surface area contributed by atoms with Crippen molar-refractivity contribution < 1.29 is 13.9 Å².